The fourth-order valence-corrected chi connectivity index (χ4v) is 2.15. The highest BCUT2D eigenvalue weighted by atomic mass is 16.5. The standard InChI is InChI=1S/C16H15NO2/c1-18-15-9-13-7-8-17-14(13)10-16(15)19-11-12-5-3-2-4-6-12/h2-8,10H,9,11H2,1H3. The third kappa shape index (κ3) is 2.45. The van der Waals surface area contributed by atoms with Crippen molar-refractivity contribution in [1.82, 2.24) is 0 Å². The molecule has 3 nitrogen and oxygen atoms in total. The first kappa shape index (κ1) is 11.8. The maximum absolute atomic E-state index is 5.86. The molecule has 3 rings (SSSR count). The van der Waals surface area contributed by atoms with Crippen LogP contribution in [-0.4, -0.2) is 13.3 Å². The molecule has 0 N–H and O–H groups in total. The highest BCUT2D eigenvalue weighted by molar-refractivity contribution is 5.80. The second-order valence-electron chi connectivity index (χ2n) is 4.44. The molecule has 96 valence electrons. The number of hydrogen-bond donors (Lipinski definition) is 0. The van der Waals surface area contributed by atoms with Gasteiger partial charge in [-0.1, -0.05) is 30.3 Å². The maximum Gasteiger partial charge on any atom is 0.159 e. The fraction of sp³-hybridized carbons (Fsp3) is 0.188. The van der Waals surface area contributed by atoms with Gasteiger partial charge in [0.25, 0.3) is 0 Å². The molecular formula is C16H15NO2. The minimum absolute atomic E-state index is 0.537. The first-order chi connectivity index (χ1) is 9.36. The summed E-state index contributed by atoms with van der Waals surface area (Å²) in [5, 5.41) is 0. The summed E-state index contributed by atoms with van der Waals surface area (Å²) in [6.45, 7) is 0.537. The molecule has 0 bridgehead atoms. The van der Waals surface area contributed by atoms with Crippen molar-refractivity contribution in [2.75, 3.05) is 7.11 Å². The molecule has 1 aliphatic carbocycles. The van der Waals surface area contributed by atoms with Gasteiger partial charge in [-0.05, 0) is 17.2 Å². The lowest BCUT2D eigenvalue weighted by Gasteiger charge is -2.18. The second-order valence-corrected chi connectivity index (χ2v) is 4.44. The SMILES string of the molecule is COC1=C(OCc2ccccc2)C=C2N=CC=C2C1. The number of methoxy groups -OCH3 is 1. The van der Waals surface area contributed by atoms with E-state index in [1.165, 1.54) is 5.57 Å². The van der Waals surface area contributed by atoms with Crippen molar-refractivity contribution in [2.24, 2.45) is 4.99 Å². The van der Waals surface area contributed by atoms with Crippen molar-refractivity contribution < 1.29 is 9.47 Å². The van der Waals surface area contributed by atoms with Crippen LogP contribution in [0.3, 0.4) is 0 Å². The number of nitrogens with zero attached hydrogens (tertiary/aromatic N) is 1. The van der Waals surface area contributed by atoms with Gasteiger partial charge in [0.1, 0.15) is 12.4 Å². The Bertz CT molecular complexity index is 594. The maximum atomic E-state index is 5.86. The van der Waals surface area contributed by atoms with Gasteiger partial charge in [0.05, 0.1) is 12.8 Å². The summed E-state index contributed by atoms with van der Waals surface area (Å²) in [6.07, 6.45) is 6.51. The molecule has 0 saturated heterocycles. The van der Waals surface area contributed by atoms with E-state index < -0.39 is 0 Å². The number of rotatable bonds is 4. The van der Waals surface area contributed by atoms with Gasteiger partial charge in [0.15, 0.2) is 5.76 Å². The molecule has 0 fully saturated rings. The minimum atomic E-state index is 0.537. The molecule has 3 heteroatoms. The second kappa shape index (κ2) is 5.14. The molecule has 0 atom stereocenters. The molecule has 0 saturated carbocycles. The largest absolute Gasteiger partial charge is 0.497 e. The van der Waals surface area contributed by atoms with E-state index in [0.29, 0.717) is 6.61 Å². The van der Waals surface area contributed by atoms with Crippen LogP contribution in [-0.2, 0) is 16.1 Å². The Balaban J connectivity index is 1.77. The summed E-state index contributed by atoms with van der Waals surface area (Å²) in [5.74, 6) is 1.63. The van der Waals surface area contributed by atoms with Crippen LogP contribution in [0.15, 0.2) is 70.3 Å². The number of ether oxygens (including phenoxy) is 2. The normalized spacial score (nSPS) is 16.9. The van der Waals surface area contributed by atoms with Crippen LogP contribution in [0.2, 0.25) is 0 Å². The van der Waals surface area contributed by atoms with Gasteiger partial charge in [-0.3, -0.25) is 4.99 Å². The number of allylic oxidation sites excluding steroid dienone is 4. The van der Waals surface area contributed by atoms with Crippen molar-refractivity contribution in [1.29, 1.82) is 0 Å². The van der Waals surface area contributed by atoms with Gasteiger partial charge >= 0.3 is 0 Å². The zero-order chi connectivity index (χ0) is 13.1. The smallest absolute Gasteiger partial charge is 0.159 e. The van der Waals surface area contributed by atoms with Gasteiger partial charge in [0.2, 0.25) is 0 Å². The van der Waals surface area contributed by atoms with Crippen LogP contribution in [0, 0.1) is 0 Å². The van der Waals surface area contributed by atoms with Gasteiger partial charge < -0.3 is 9.47 Å². The molecular weight excluding hydrogens is 238 g/mol. The number of benzene rings is 1. The highest BCUT2D eigenvalue weighted by Gasteiger charge is 2.21. The Hall–Kier alpha value is -2.29. The lowest BCUT2D eigenvalue weighted by molar-refractivity contribution is 0.172. The average molecular weight is 253 g/mol. The van der Waals surface area contributed by atoms with Crippen LogP contribution in [0.25, 0.3) is 0 Å². The lowest BCUT2D eigenvalue weighted by Crippen LogP contribution is -2.05. The molecule has 0 aromatic heterocycles. The van der Waals surface area contributed by atoms with Gasteiger partial charge in [-0.25, -0.2) is 0 Å². The molecule has 2 aliphatic rings. The van der Waals surface area contributed by atoms with Gasteiger partial charge in [-0.15, -0.1) is 0 Å². The van der Waals surface area contributed by atoms with Crippen molar-refractivity contribution in [3.8, 4) is 0 Å². The van der Waals surface area contributed by atoms with Crippen LogP contribution in [0.4, 0.5) is 0 Å². The van der Waals surface area contributed by atoms with Crippen molar-refractivity contribution in [2.45, 2.75) is 13.0 Å². The average Bonchev–Trinajstić information content (AvgIpc) is 2.92. The summed E-state index contributed by atoms with van der Waals surface area (Å²) >= 11 is 0. The molecule has 19 heavy (non-hydrogen) atoms. The monoisotopic (exact) mass is 253 g/mol. The topological polar surface area (TPSA) is 30.8 Å². The van der Waals surface area contributed by atoms with Crippen LogP contribution >= 0.6 is 0 Å². The Labute approximate surface area is 112 Å². The summed E-state index contributed by atoms with van der Waals surface area (Å²) in [5.41, 5.74) is 3.30. The van der Waals surface area contributed by atoms with Crippen molar-refractivity contribution >= 4 is 6.21 Å². The van der Waals surface area contributed by atoms with Crippen molar-refractivity contribution in [3.05, 3.63) is 70.8 Å². The molecule has 1 aliphatic heterocycles. The molecule has 0 unspecified atom stereocenters. The highest BCUT2D eigenvalue weighted by Crippen LogP contribution is 2.32. The third-order valence-electron chi connectivity index (χ3n) is 3.20. The zero-order valence-electron chi connectivity index (χ0n) is 10.8. The Morgan fingerprint density at radius 3 is 2.84 bits per heavy atom. The third-order valence-corrected chi connectivity index (χ3v) is 3.20. The number of aliphatic imine (C=N–C) groups is 1. The van der Waals surface area contributed by atoms with E-state index in [9.17, 15) is 0 Å². The minimum Gasteiger partial charge on any atom is -0.497 e. The Morgan fingerprint density at radius 1 is 1.21 bits per heavy atom. The molecule has 1 heterocycles. The Morgan fingerprint density at radius 2 is 2.05 bits per heavy atom. The summed E-state index contributed by atoms with van der Waals surface area (Å²) < 4.78 is 11.3. The molecule has 1 aromatic carbocycles. The number of fused-ring (bicyclic) bond motifs is 1. The van der Waals surface area contributed by atoms with Crippen molar-refractivity contribution in [3.63, 3.8) is 0 Å². The van der Waals surface area contributed by atoms with E-state index in [4.69, 9.17) is 9.47 Å². The first-order valence-electron chi connectivity index (χ1n) is 6.26. The molecule has 0 spiro atoms. The van der Waals surface area contributed by atoms with E-state index in [1.807, 2.05) is 48.7 Å². The predicted octanol–water partition coefficient (Wildman–Crippen LogP) is 3.36. The fourth-order valence-electron chi connectivity index (χ4n) is 2.15. The number of hydrogen-bond acceptors (Lipinski definition) is 3. The van der Waals surface area contributed by atoms with E-state index in [-0.39, 0.29) is 0 Å². The van der Waals surface area contributed by atoms with Gasteiger partial charge in [0, 0.05) is 18.7 Å². The van der Waals surface area contributed by atoms with Crippen LogP contribution in [0.5, 0.6) is 0 Å². The summed E-state index contributed by atoms with van der Waals surface area (Å²) in [4.78, 5) is 4.31. The van der Waals surface area contributed by atoms with Gasteiger partial charge in [-0.2, -0.15) is 0 Å². The molecule has 1 aromatic rings. The van der Waals surface area contributed by atoms with Crippen LogP contribution < -0.4 is 0 Å². The first-order valence-corrected chi connectivity index (χ1v) is 6.26. The van der Waals surface area contributed by atoms with E-state index in [2.05, 4.69) is 4.99 Å². The van der Waals surface area contributed by atoms with E-state index in [0.717, 1.165) is 29.2 Å². The summed E-state index contributed by atoms with van der Waals surface area (Å²) in [7, 11) is 1.68. The molecule has 0 amide bonds. The van der Waals surface area contributed by atoms with E-state index >= 15 is 0 Å². The van der Waals surface area contributed by atoms with E-state index in [1.54, 1.807) is 7.11 Å². The quantitative estimate of drug-likeness (QED) is 0.823. The lowest BCUT2D eigenvalue weighted by atomic mass is 10.0. The predicted molar refractivity (Wildman–Crippen MR) is 74.5 cm³/mol. The Kier molecular flexibility index (Phi) is 3.19. The zero-order valence-corrected chi connectivity index (χ0v) is 10.8. The van der Waals surface area contributed by atoms with Crippen LogP contribution in [0.1, 0.15) is 12.0 Å². The molecule has 0 radical (unpaired) electrons. The summed E-state index contributed by atoms with van der Waals surface area (Å²) in [6, 6.07) is 10.1.